The minimum absolute atomic E-state index is 0.0454. The molecule has 3 nitrogen and oxygen atoms in total. The molecule has 150 valence electrons. The first-order chi connectivity index (χ1) is 12.7. The molecule has 4 aliphatic carbocycles. The van der Waals surface area contributed by atoms with E-state index in [2.05, 4.69) is 26.5 Å². The molecule has 0 bridgehead atoms. The normalized spacial score (nSPS) is 44.6. The van der Waals surface area contributed by atoms with Crippen molar-refractivity contribution in [3.63, 3.8) is 0 Å². The van der Waals surface area contributed by atoms with Crippen LogP contribution in [0.1, 0.15) is 78.6 Å². The number of allylic oxidation sites excluding steroid dienone is 2. The van der Waals surface area contributed by atoms with E-state index in [1.807, 2.05) is 6.92 Å². The third-order valence-electron chi connectivity index (χ3n) is 8.80. The third-order valence-corrected chi connectivity index (χ3v) is 8.80. The van der Waals surface area contributed by atoms with Crippen LogP contribution in [-0.4, -0.2) is 18.1 Å². The van der Waals surface area contributed by atoms with Crippen molar-refractivity contribution in [3.05, 3.63) is 23.8 Å². The lowest BCUT2D eigenvalue weighted by atomic mass is 9.47. The maximum Gasteiger partial charge on any atom is 0.307 e. The third kappa shape index (κ3) is 3.10. The molecule has 2 N–H and O–H groups in total. The van der Waals surface area contributed by atoms with Gasteiger partial charge in [0.05, 0.1) is 6.42 Å². The van der Waals surface area contributed by atoms with Gasteiger partial charge in [-0.05, 0) is 93.0 Å². The fourth-order valence-electron chi connectivity index (χ4n) is 7.18. The molecule has 4 unspecified atom stereocenters. The first-order valence-corrected chi connectivity index (χ1v) is 11.1. The summed E-state index contributed by atoms with van der Waals surface area (Å²) in [5, 5.41) is 0. The van der Waals surface area contributed by atoms with Gasteiger partial charge in [0.2, 0.25) is 0 Å². The molecule has 0 saturated heterocycles. The molecule has 4 rings (SSSR count). The molecule has 0 radical (unpaired) electrons. The number of fused-ring (bicyclic) bond motifs is 5. The van der Waals surface area contributed by atoms with Crippen molar-refractivity contribution >= 4 is 5.97 Å². The highest BCUT2D eigenvalue weighted by Crippen LogP contribution is 2.66. The summed E-state index contributed by atoms with van der Waals surface area (Å²) in [4.78, 5) is 12.0. The van der Waals surface area contributed by atoms with E-state index in [-0.39, 0.29) is 18.1 Å². The highest BCUT2D eigenvalue weighted by Gasteiger charge is 2.57. The van der Waals surface area contributed by atoms with Crippen LogP contribution in [0.4, 0.5) is 0 Å². The fraction of sp³-hybridized carbons (Fsp3) is 0.792. The smallest absolute Gasteiger partial charge is 0.307 e. The van der Waals surface area contributed by atoms with Gasteiger partial charge < -0.3 is 10.5 Å². The molecule has 7 atom stereocenters. The van der Waals surface area contributed by atoms with Gasteiger partial charge >= 0.3 is 5.97 Å². The molecular weight excluding hydrogens is 334 g/mol. The molecular formula is C24H37NO2. The molecule has 0 aromatic heterocycles. The largest absolute Gasteiger partial charge is 0.458 e. The molecule has 0 aromatic rings. The lowest BCUT2D eigenvalue weighted by molar-refractivity contribution is -0.148. The van der Waals surface area contributed by atoms with Crippen LogP contribution in [0, 0.1) is 28.6 Å². The minimum atomic E-state index is -0.151. The predicted molar refractivity (Wildman–Crippen MR) is 109 cm³/mol. The molecule has 3 saturated carbocycles. The van der Waals surface area contributed by atoms with E-state index in [1.165, 1.54) is 44.1 Å². The Labute approximate surface area is 164 Å². The van der Waals surface area contributed by atoms with Crippen molar-refractivity contribution < 1.29 is 9.53 Å². The molecule has 27 heavy (non-hydrogen) atoms. The zero-order valence-electron chi connectivity index (χ0n) is 17.4. The van der Waals surface area contributed by atoms with E-state index in [9.17, 15) is 4.79 Å². The molecule has 3 heteroatoms. The van der Waals surface area contributed by atoms with Crippen molar-refractivity contribution in [1.82, 2.24) is 0 Å². The maximum absolute atomic E-state index is 12.0. The van der Waals surface area contributed by atoms with Crippen LogP contribution in [0.25, 0.3) is 0 Å². The number of ether oxygens (including phenoxy) is 1. The second-order valence-electron chi connectivity index (χ2n) is 10.4. The van der Waals surface area contributed by atoms with Crippen molar-refractivity contribution in [3.8, 4) is 0 Å². The first kappa shape index (κ1) is 19.2. The Bertz CT molecular complexity index is 665. The van der Waals surface area contributed by atoms with E-state index in [4.69, 9.17) is 10.5 Å². The number of nitrogens with two attached hydrogens (primary N) is 1. The van der Waals surface area contributed by atoms with E-state index in [1.54, 1.807) is 5.57 Å². The van der Waals surface area contributed by atoms with Crippen molar-refractivity contribution in [2.24, 2.45) is 34.3 Å². The van der Waals surface area contributed by atoms with Gasteiger partial charge in [-0.25, -0.2) is 0 Å². The van der Waals surface area contributed by atoms with Crippen LogP contribution in [0.15, 0.2) is 23.8 Å². The Hall–Kier alpha value is -1.09. The first-order valence-electron chi connectivity index (χ1n) is 11.1. The number of hydrogen-bond acceptors (Lipinski definition) is 3. The monoisotopic (exact) mass is 371 g/mol. The van der Waals surface area contributed by atoms with Crippen LogP contribution in [0.3, 0.4) is 0 Å². The minimum Gasteiger partial charge on any atom is -0.458 e. The molecule has 0 heterocycles. The average Bonchev–Trinajstić information content (AvgIpc) is 2.90. The van der Waals surface area contributed by atoms with Crippen LogP contribution in [0.5, 0.6) is 0 Å². The number of hydrogen-bond donors (Lipinski definition) is 1. The lowest BCUT2D eigenvalue weighted by Crippen LogP contribution is -2.50. The Morgan fingerprint density at radius 3 is 2.63 bits per heavy atom. The van der Waals surface area contributed by atoms with Crippen LogP contribution in [0.2, 0.25) is 0 Å². The van der Waals surface area contributed by atoms with Crippen molar-refractivity contribution in [2.45, 2.75) is 90.7 Å². The zero-order valence-corrected chi connectivity index (χ0v) is 17.4. The molecule has 0 spiro atoms. The SMILES string of the molecule is C=C1CCC2C3CCC4=C[C@@H](OC(=O)CC(C)N)CC[C@]4(C)C3CC[C@]12C. The van der Waals surface area contributed by atoms with E-state index < -0.39 is 0 Å². The summed E-state index contributed by atoms with van der Waals surface area (Å²) in [5.74, 6) is 2.33. The highest BCUT2D eigenvalue weighted by atomic mass is 16.5. The van der Waals surface area contributed by atoms with Gasteiger partial charge in [0.25, 0.3) is 0 Å². The van der Waals surface area contributed by atoms with Crippen LogP contribution >= 0.6 is 0 Å². The Morgan fingerprint density at radius 2 is 1.89 bits per heavy atom. The Balaban J connectivity index is 1.51. The van der Waals surface area contributed by atoms with E-state index >= 15 is 0 Å². The summed E-state index contributed by atoms with van der Waals surface area (Å²) in [6, 6.07) is -0.132. The lowest BCUT2D eigenvalue weighted by Gasteiger charge is -2.58. The number of carbonyl (C=O) groups is 1. The zero-order chi connectivity index (χ0) is 19.4. The average molecular weight is 372 g/mol. The number of carbonyl (C=O) groups excluding carboxylic acids is 1. The van der Waals surface area contributed by atoms with Gasteiger partial charge in [-0.3, -0.25) is 4.79 Å². The van der Waals surface area contributed by atoms with Crippen LogP contribution < -0.4 is 5.73 Å². The summed E-state index contributed by atoms with van der Waals surface area (Å²) in [6.45, 7) is 11.3. The summed E-state index contributed by atoms with van der Waals surface area (Å²) < 4.78 is 5.72. The van der Waals surface area contributed by atoms with Gasteiger partial charge in [-0.2, -0.15) is 0 Å². The molecule has 0 aliphatic heterocycles. The second-order valence-corrected chi connectivity index (χ2v) is 10.4. The quantitative estimate of drug-likeness (QED) is 0.551. The van der Waals surface area contributed by atoms with E-state index in [0.29, 0.717) is 17.3 Å². The van der Waals surface area contributed by atoms with Crippen molar-refractivity contribution in [2.75, 3.05) is 0 Å². The summed E-state index contributed by atoms with van der Waals surface area (Å²) in [6.07, 6.45) is 12.4. The van der Waals surface area contributed by atoms with Gasteiger partial charge in [0.1, 0.15) is 6.10 Å². The maximum atomic E-state index is 12.0. The van der Waals surface area contributed by atoms with Gasteiger partial charge in [0, 0.05) is 6.04 Å². The standard InChI is InChI=1S/C24H37NO2/c1-15-5-8-20-19-7-6-17-14-18(27-22(26)13-16(2)25)9-11-24(17,4)21(19)10-12-23(15,20)3/h14,16,18-21H,1,5-13,25H2,2-4H3/t16?,18-,19?,20?,21?,23+,24-/m0/s1. The highest BCUT2D eigenvalue weighted by molar-refractivity contribution is 5.70. The predicted octanol–water partition coefficient (Wildman–Crippen LogP) is 5.15. The summed E-state index contributed by atoms with van der Waals surface area (Å²) in [5.41, 5.74) is 9.52. The molecule has 4 aliphatic rings. The Kier molecular flexibility index (Phi) is 4.81. The second kappa shape index (κ2) is 6.76. The molecule has 3 fully saturated rings. The van der Waals surface area contributed by atoms with Gasteiger partial charge in [-0.1, -0.05) is 31.6 Å². The van der Waals surface area contributed by atoms with Gasteiger partial charge in [0.15, 0.2) is 0 Å². The summed E-state index contributed by atoms with van der Waals surface area (Å²) >= 11 is 0. The topological polar surface area (TPSA) is 52.3 Å². The molecule has 0 amide bonds. The number of esters is 1. The number of rotatable bonds is 3. The Morgan fingerprint density at radius 1 is 1.19 bits per heavy atom. The van der Waals surface area contributed by atoms with Crippen molar-refractivity contribution in [1.29, 1.82) is 0 Å². The van der Waals surface area contributed by atoms with E-state index in [0.717, 1.165) is 30.6 Å². The van der Waals surface area contributed by atoms with Crippen LogP contribution in [-0.2, 0) is 9.53 Å². The fourth-order valence-corrected chi connectivity index (χ4v) is 7.18. The molecule has 0 aromatic carbocycles. The van der Waals surface area contributed by atoms with Gasteiger partial charge in [-0.15, -0.1) is 0 Å². The summed E-state index contributed by atoms with van der Waals surface area (Å²) in [7, 11) is 0.